The molecule has 0 radical (unpaired) electrons. The molecule has 0 amide bonds. The van der Waals surface area contributed by atoms with Crippen molar-refractivity contribution in [2.45, 2.75) is 38.3 Å². The van der Waals surface area contributed by atoms with Gasteiger partial charge in [-0.2, -0.15) is 0 Å². The van der Waals surface area contributed by atoms with Crippen LogP contribution in [0.3, 0.4) is 0 Å². The number of halogens is 1. The van der Waals surface area contributed by atoms with Crippen molar-refractivity contribution in [3.05, 3.63) is 58.6 Å². The number of imidazole rings is 1. The molecule has 7 heteroatoms. The van der Waals surface area contributed by atoms with E-state index in [2.05, 4.69) is 64.4 Å². The molecule has 0 aliphatic carbocycles. The van der Waals surface area contributed by atoms with Crippen molar-refractivity contribution in [2.75, 3.05) is 45.2 Å². The number of pyridine rings is 2. The van der Waals surface area contributed by atoms with E-state index in [-0.39, 0.29) is 12.1 Å². The van der Waals surface area contributed by atoms with Crippen LogP contribution in [0.4, 0.5) is 5.82 Å². The highest BCUT2D eigenvalue weighted by molar-refractivity contribution is 6.30. The van der Waals surface area contributed by atoms with Gasteiger partial charge in [-0.05, 0) is 64.0 Å². The molecule has 2 aliphatic heterocycles. The van der Waals surface area contributed by atoms with Crippen LogP contribution in [0.1, 0.15) is 48.3 Å². The van der Waals surface area contributed by atoms with E-state index < -0.39 is 0 Å². The maximum Gasteiger partial charge on any atom is 0.139 e. The molecule has 0 N–H and O–H groups in total. The number of likely N-dealkylation sites (N-methyl/N-ethyl adjacent to an activating group) is 1. The second-order valence-electron chi connectivity index (χ2n) is 8.99. The summed E-state index contributed by atoms with van der Waals surface area (Å²) < 4.78 is 2.14. The average molecular weight is 439 g/mol. The Morgan fingerprint density at radius 2 is 1.68 bits per heavy atom. The fourth-order valence-corrected chi connectivity index (χ4v) is 5.53. The lowest BCUT2D eigenvalue weighted by Crippen LogP contribution is -2.45. The zero-order valence-electron chi connectivity index (χ0n) is 18.6. The molecule has 2 aliphatic rings. The molecule has 0 saturated carbocycles. The fraction of sp³-hybridized carbons (Fsp3) is 0.500. The summed E-state index contributed by atoms with van der Waals surface area (Å²) in [6.45, 7) is 6.28. The van der Waals surface area contributed by atoms with Crippen molar-refractivity contribution in [3.8, 4) is 0 Å². The van der Waals surface area contributed by atoms with E-state index in [1.54, 1.807) is 0 Å². The predicted molar refractivity (Wildman–Crippen MR) is 126 cm³/mol. The molecule has 0 spiro atoms. The van der Waals surface area contributed by atoms with Crippen molar-refractivity contribution in [2.24, 2.45) is 0 Å². The van der Waals surface area contributed by atoms with Crippen LogP contribution in [-0.4, -0.2) is 64.4 Å². The summed E-state index contributed by atoms with van der Waals surface area (Å²) in [4.78, 5) is 17.0. The Morgan fingerprint density at radius 3 is 2.42 bits per heavy atom. The number of anilines is 1. The van der Waals surface area contributed by atoms with Gasteiger partial charge in [0, 0.05) is 32.4 Å². The summed E-state index contributed by atoms with van der Waals surface area (Å²) in [5.74, 6) is 1.14. The normalized spacial score (nSPS) is 23.5. The number of nitrogens with zero attached hydrogens (tertiary/aromatic N) is 6. The zero-order valence-corrected chi connectivity index (χ0v) is 19.4. The number of rotatable bonds is 3. The van der Waals surface area contributed by atoms with Crippen LogP contribution < -0.4 is 4.90 Å². The molecule has 0 aromatic carbocycles. The third-order valence-corrected chi connectivity index (χ3v) is 7.40. The molecule has 31 heavy (non-hydrogen) atoms. The zero-order chi connectivity index (χ0) is 21.5. The standard InChI is InChI=1S/C24H31ClN6/c1-17-7-6-12-26-22(17)18-8-4-9-19(29(18)3)23-24(25)31-20(27-23)10-5-11-21(31)30-15-13-28(2)14-16-30/h5-7,10-12,18-19H,4,8-9,13-16H2,1-3H3/t18-,19+/m0/s1. The van der Waals surface area contributed by atoms with E-state index in [0.29, 0.717) is 0 Å². The lowest BCUT2D eigenvalue weighted by atomic mass is 9.91. The van der Waals surface area contributed by atoms with Crippen LogP contribution in [0, 0.1) is 6.92 Å². The van der Waals surface area contributed by atoms with Crippen LogP contribution in [0.2, 0.25) is 5.15 Å². The highest BCUT2D eigenvalue weighted by atomic mass is 35.5. The number of fused-ring (bicyclic) bond motifs is 1. The molecule has 2 fully saturated rings. The van der Waals surface area contributed by atoms with E-state index in [1.807, 2.05) is 12.3 Å². The summed E-state index contributed by atoms with van der Waals surface area (Å²) in [6.07, 6.45) is 5.22. The third kappa shape index (κ3) is 3.71. The first kappa shape index (κ1) is 20.7. The number of piperidine rings is 1. The van der Waals surface area contributed by atoms with Gasteiger partial charge in [0.25, 0.3) is 0 Å². The maximum absolute atomic E-state index is 7.05. The Bertz CT molecular complexity index is 1070. The number of hydrogen-bond donors (Lipinski definition) is 0. The van der Waals surface area contributed by atoms with Crippen molar-refractivity contribution in [3.63, 3.8) is 0 Å². The van der Waals surface area contributed by atoms with Gasteiger partial charge in [0.05, 0.1) is 23.5 Å². The first-order valence-corrected chi connectivity index (χ1v) is 11.7. The minimum absolute atomic E-state index is 0.188. The van der Waals surface area contributed by atoms with Crippen molar-refractivity contribution in [1.29, 1.82) is 0 Å². The van der Waals surface area contributed by atoms with Gasteiger partial charge in [-0.15, -0.1) is 0 Å². The summed E-state index contributed by atoms with van der Waals surface area (Å²) in [5, 5.41) is 0.750. The van der Waals surface area contributed by atoms with E-state index in [4.69, 9.17) is 21.6 Å². The maximum atomic E-state index is 7.05. The molecule has 6 nitrogen and oxygen atoms in total. The molecule has 5 rings (SSSR count). The van der Waals surface area contributed by atoms with Gasteiger partial charge in [0.15, 0.2) is 0 Å². The molecular weight excluding hydrogens is 408 g/mol. The minimum Gasteiger partial charge on any atom is -0.355 e. The topological polar surface area (TPSA) is 39.9 Å². The highest BCUT2D eigenvalue weighted by Gasteiger charge is 2.34. The molecule has 2 atom stereocenters. The first-order chi connectivity index (χ1) is 15.0. The monoisotopic (exact) mass is 438 g/mol. The van der Waals surface area contributed by atoms with Gasteiger partial charge in [-0.1, -0.05) is 23.7 Å². The Hall–Kier alpha value is -2.15. The van der Waals surface area contributed by atoms with Gasteiger partial charge < -0.3 is 9.80 Å². The van der Waals surface area contributed by atoms with E-state index in [0.717, 1.165) is 67.8 Å². The summed E-state index contributed by atoms with van der Waals surface area (Å²) >= 11 is 7.05. The van der Waals surface area contributed by atoms with Crippen LogP contribution in [0.5, 0.6) is 0 Å². The Morgan fingerprint density at radius 1 is 0.935 bits per heavy atom. The van der Waals surface area contributed by atoms with Gasteiger partial charge in [0.1, 0.15) is 16.6 Å². The Labute approximate surface area is 189 Å². The molecule has 2 saturated heterocycles. The molecule has 5 heterocycles. The highest BCUT2D eigenvalue weighted by Crippen LogP contribution is 2.42. The molecule has 3 aromatic heterocycles. The van der Waals surface area contributed by atoms with Crippen molar-refractivity contribution in [1.82, 2.24) is 24.2 Å². The summed E-state index contributed by atoms with van der Waals surface area (Å²) in [6, 6.07) is 11.0. The van der Waals surface area contributed by atoms with Crippen LogP contribution in [0.15, 0.2) is 36.5 Å². The van der Waals surface area contributed by atoms with Gasteiger partial charge in [-0.25, -0.2) is 4.98 Å². The van der Waals surface area contributed by atoms with Crippen LogP contribution >= 0.6 is 11.6 Å². The predicted octanol–water partition coefficient (Wildman–Crippen LogP) is 4.34. The van der Waals surface area contributed by atoms with E-state index in [9.17, 15) is 0 Å². The summed E-state index contributed by atoms with van der Waals surface area (Å²) in [5.41, 5.74) is 4.34. The number of likely N-dealkylation sites (tertiary alicyclic amines) is 1. The lowest BCUT2D eigenvalue weighted by molar-refractivity contribution is 0.109. The largest absolute Gasteiger partial charge is 0.355 e. The lowest BCUT2D eigenvalue weighted by Gasteiger charge is -2.39. The Balaban J connectivity index is 1.51. The van der Waals surface area contributed by atoms with Gasteiger partial charge in [-0.3, -0.25) is 14.3 Å². The molecule has 0 unspecified atom stereocenters. The van der Waals surface area contributed by atoms with E-state index >= 15 is 0 Å². The van der Waals surface area contributed by atoms with E-state index in [1.165, 1.54) is 11.3 Å². The van der Waals surface area contributed by atoms with Crippen molar-refractivity contribution < 1.29 is 0 Å². The third-order valence-electron chi connectivity index (χ3n) is 7.04. The fourth-order valence-electron chi connectivity index (χ4n) is 5.19. The number of piperazine rings is 1. The molecular formula is C24H31ClN6. The second-order valence-corrected chi connectivity index (χ2v) is 9.35. The number of hydrogen-bond acceptors (Lipinski definition) is 5. The van der Waals surface area contributed by atoms with Crippen molar-refractivity contribution >= 4 is 23.1 Å². The first-order valence-electron chi connectivity index (χ1n) is 11.3. The number of aromatic nitrogens is 3. The summed E-state index contributed by atoms with van der Waals surface area (Å²) in [7, 11) is 4.38. The quantitative estimate of drug-likeness (QED) is 0.608. The van der Waals surface area contributed by atoms with Crippen LogP contribution in [-0.2, 0) is 0 Å². The Kier molecular flexibility index (Phi) is 5.63. The second kappa shape index (κ2) is 8.41. The van der Waals surface area contributed by atoms with Crippen LogP contribution in [0.25, 0.3) is 5.65 Å². The SMILES string of the molecule is Cc1cccnc1[C@@H]1CCC[C@H](c2nc3cccc(N4CCN(C)CC4)n3c2Cl)N1C. The van der Waals surface area contributed by atoms with Gasteiger partial charge in [0.2, 0.25) is 0 Å². The minimum atomic E-state index is 0.188. The molecule has 164 valence electrons. The molecule has 3 aromatic rings. The van der Waals surface area contributed by atoms with Gasteiger partial charge >= 0.3 is 0 Å². The molecule has 0 bridgehead atoms. The average Bonchev–Trinajstić information content (AvgIpc) is 3.12. The smallest absolute Gasteiger partial charge is 0.139 e. The number of aryl methyl sites for hydroxylation is 1.